The summed E-state index contributed by atoms with van der Waals surface area (Å²) in [7, 11) is 2.33. The first-order chi connectivity index (χ1) is 9.15. The van der Waals surface area contributed by atoms with E-state index in [0.717, 1.165) is 12.1 Å². The summed E-state index contributed by atoms with van der Waals surface area (Å²) in [4.78, 5) is 4.16. The molecule has 2 nitrogen and oxygen atoms in total. The first-order valence-electron chi connectivity index (χ1n) is 7.67. The summed E-state index contributed by atoms with van der Waals surface area (Å²) in [6.45, 7) is 4.56. The summed E-state index contributed by atoms with van der Waals surface area (Å²) < 4.78 is 0. The maximum absolute atomic E-state index is 3.89. The highest BCUT2D eigenvalue weighted by Crippen LogP contribution is 2.34. The molecule has 0 aliphatic carbocycles. The standard InChI is InChI=1S/C16H26N2S/c1-11-7-8-19-16(11)12(2)17-13-9-14-5-4-6-15(10-13)18(14)3/h7-8,12-15,17H,4-6,9-10H2,1-3H3. The Morgan fingerprint density at radius 1 is 1.32 bits per heavy atom. The zero-order chi connectivity index (χ0) is 13.4. The third kappa shape index (κ3) is 2.74. The van der Waals surface area contributed by atoms with Gasteiger partial charge in [-0.25, -0.2) is 0 Å². The van der Waals surface area contributed by atoms with Gasteiger partial charge in [0, 0.05) is 29.0 Å². The molecule has 2 fully saturated rings. The van der Waals surface area contributed by atoms with Crippen molar-refractivity contribution in [2.45, 2.75) is 70.1 Å². The zero-order valence-corrected chi connectivity index (χ0v) is 13.2. The van der Waals surface area contributed by atoms with Crippen molar-refractivity contribution in [1.82, 2.24) is 10.2 Å². The maximum atomic E-state index is 3.89. The molecule has 1 aromatic heterocycles. The molecule has 2 aliphatic rings. The third-order valence-electron chi connectivity index (χ3n) is 5.12. The average Bonchev–Trinajstić information content (AvgIpc) is 2.77. The van der Waals surface area contributed by atoms with Gasteiger partial charge >= 0.3 is 0 Å². The molecule has 0 saturated carbocycles. The van der Waals surface area contributed by atoms with Crippen molar-refractivity contribution in [3.05, 3.63) is 21.9 Å². The van der Waals surface area contributed by atoms with Crippen LogP contribution in [0, 0.1) is 6.92 Å². The van der Waals surface area contributed by atoms with E-state index in [2.05, 4.69) is 42.6 Å². The highest BCUT2D eigenvalue weighted by atomic mass is 32.1. The number of nitrogens with zero attached hydrogens (tertiary/aromatic N) is 1. The van der Waals surface area contributed by atoms with E-state index >= 15 is 0 Å². The Balaban J connectivity index is 1.63. The summed E-state index contributed by atoms with van der Waals surface area (Å²) in [5.74, 6) is 0. The molecule has 3 heteroatoms. The first-order valence-corrected chi connectivity index (χ1v) is 8.55. The second-order valence-electron chi connectivity index (χ2n) is 6.43. The number of nitrogens with one attached hydrogen (secondary N) is 1. The maximum Gasteiger partial charge on any atom is 0.0390 e. The molecule has 0 aromatic carbocycles. The lowest BCUT2D eigenvalue weighted by Crippen LogP contribution is -2.54. The summed E-state index contributed by atoms with van der Waals surface area (Å²) in [6.07, 6.45) is 6.91. The van der Waals surface area contributed by atoms with Gasteiger partial charge in [0.2, 0.25) is 0 Å². The van der Waals surface area contributed by atoms with Gasteiger partial charge in [0.1, 0.15) is 0 Å². The fraction of sp³-hybridized carbons (Fsp3) is 0.750. The van der Waals surface area contributed by atoms with E-state index in [1.807, 2.05) is 11.3 Å². The second-order valence-corrected chi connectivity index (χ2v) is 7.38. The Bertz CT molecular complexity index is 414. The Hall–Kier alpha value is -0.380. The Kier molecular flexibility index (Phi) is 3.97. The Morgan fingerprint density at radius 3 is 2.58 bits per heavy atom. The molecule has 0 spiro atoms. The van der Waals surface area contributed by atoms with Gasteiger partial charge in [-0.05, 0) is 63.6 Å². The molecule has 2 saturated heterocycles. The minimum Gasteiger partial charge on any atom is -0.307 e. The summed E-state index contributed by atoms with van der Waals surface area (Å²) in [6, 6.07) is 5.10. The normalized spacial score (nSPS) is 33.3. The summed E-state index contributed by atoms with van der Waals surface area (Å²) >= 11 is 1.90. The van der Waals surface area contributed by atoms with Crippen LogP contribution < -0.4 is 5.32 Å². The van der Waals surface area contributed by atoms with Crippen LogP contribution in [0.5, 0.6) is 0 Å². The molecule has 106 valence electrons. The van der Waals surface area contributed by atoms with E-state index in [9.17, 15) is 0 Å². The highest BCUT2D eigenvalue weighted by Gasteiger charge is 2.36. The van der Waals surface area contributed by atoms with Crippen LogP contribution in [0.4, 0.5) is 0 Å². The van der Waals surface area contributed by atoms with Crippen molar-refractivity contribution in [2.24, 2.45) is 0 Å². The van der Waals surface area contributed by atoms with Crippen molar-refractivity contribution in [1.29, 1.82) is 0 Å². The minimum absolute atomic E-state index is 0.508. The van der Waals surface area contributed by atoms with Crippen LogP contribution in [0.2, 0.25) is 0 Å². The van der Waals surface area contributed by atoms with Gasteiger partial charge in [-0.2, -0.15) is 0 Å². The lowest BCUT2D eigenvalue weighted by atomic mass is 9.82. The third-order valence-corrected chi connectivity index (χ3v) is 6.32. The van der Waals surface area contributed by atoms with Crippen molar-refractivity contribution in [3.8, 4) is 0 Å². The Morgan fingerprint density at radius 2 is 2.00 bits per heavy atom. The number of fused-ring (bicyclic) bond motifs is 2. The van der Waals surface area contributed by atoms with Crippen LogP contribution in [0.25, 0.3) is 0 Å². The first kappa shape index (κ1) is 13.6. The zero-order valence-electron chi connectivity index (χ0n) is 12.4. The number of aryl methyl sites for hydroxylation is 1. The van der Waals surface area contributed by atoms with E-state index in [4.69, 9.17) is 0 Å². The molecule has 3 heterocycles. The van der Waals surface area contributed by atoms with Crippen LogP contribution >= 0.6 is 11.3 Å². The molecule has 3 unspecified atom stereocenters. The lowest BCUT2D eigenvalue weighted by Gasteiger charge is -2.47. The highest BCUT2D eigenvalue weighted by molar-refractivity contribution is 7.10. The Labute approximate surface area is 121 Å². The number of hydrogen-bond donors (Lipinski definition) is 1. The van der Waals surface area contributed by atoms with E-state index in [1.54, 1.807) is 0 Å². The van der Waals surface area contributed by atoms with Gasteiger partial charge in [0.25, 0.3) is 0 Å². The smallest absolute Gasteiger partial charge is 0.0390 e. The van der Waals surface area contributed by atoms with E-state index in [-0.39, 0.29) is 0 Å². The van der Waals surface area contributed by atoms with E-state index < -0.39 is 0 Å². The molecule has 1 aromatic rings. The predicted molar refractivity (Wildman–Crippen MR) is 82.8 cm³/mol. The lowest BCUT2D eigenvalue weighted by molar-refractivity contribution is 0.0463. The molecule has 1 N–H and O–H groups in total. The van der Waals surface area contributed by atoms with Crippen molar-refractivity contribution < 1.29 is 0 Å². The number of rotatable bonds is 3. The molecule has 3 rings (SSSR count). The molecule has 2 aliphatic heterocycles. The van der Waals surface area contributed by atoms with Crippen molar-refractivity contribution >= 4 is 11.3 Å². The summed E-state index contributed by atoms with van der Waals surface area (Å²) in [5.41, 5.74) is 1.44. The number of thiophene rings is 1. The quantitative estimate of drug-likeness (QED) is 0.906. The molecule has 2 bridgehead atoms. The molecule has 0 radical (unpaired) electrons. The predicted octanol–water partition coefficient (Wildman–Crippen LogP) is 3.72. The monoisotopic (exact) mass is 278 g/mol. The van der Waals surface area contributed by atoms with Gasteiger partial charge in [-0.3, -0.25) is 0 Å². The summed E-state index contributed by atoms with van der Waals surface area (Å²) in [5, 5.41) is 6.11. The molecule has 3 atom stereocenters. The van der Waals surface area contributed by atoms with Crippen LogP contribution in [-0.2, 0) is 0 Å². The molecule has 19 heavy (non-hydrogen) atoms. The molecular weight excluding hydrogens is 252 g/mol. The fourth-order valence-corrected chi connectivity index (χ4v) is 4.95. The second kappa shape index (κ2) is 5.55. The van der Waals surface area contributed by atoms with Gasteiger partial charge in [0.05, 0.1) is 0 Å². The van der Waals surface area contributed by atoms with E-state index in [1.165, 1.54) is 42.5 Å². The molecule has 0 amide bonds. The topological polar surface area (TPSA) is 15.3 Å². The fourth-order valence-electron chi connectivity index (χ4n) is 4.01. The van der Waals surface area contributed by atoms with E-state index in [0.29, 0.717) is 12.1 Å². The van der Waals surface area contributed by atoms with Crippen LogP contribution in [0.3, 0.4) is 0 Å². The van der Waals surface area contributed by atoms with Gasteiger partial charge in [-0.1, -0.05) is 6.42 Å². The van der Waals surface area contributed by atoms with Crippen LogP contribution in [0.15, 0.2) is 11.4 Å². The van der Waals surface area contributed by atoms with Crippen LogP contribution in [0.1, 0.15) is 55.5 Å². The largest absolute Gasteiger partial charge is 0.307 e. The van der Waals surface area contributed by atoms with Crippen molar-refractivity contribution in [2.75, 3.05) is 7.05 Å². The van der Waals surface area contributed by atoms with Crippen molar-refractivity contribution in [3.63, 3.8) is 0 Å². The van der Waals surface area contributed by atoms with Gasteiger partial charge in [-0.15, -0.1) is 11.3 Å². The minimum atomic E-state index is 0.508. The van der Waals surface area contributed by atoms with Crippen LogP contribution in [-0.4, -0.2) is 30.1 Å². The van der Waals surface area contributed by atoms with Gasteiger partial charge in [0.15, 0.2) is 0 Å². The van der Waals surface area contributed by atoms with Gasteiger partial charge < -0.3 is 10.2 Å². The molecular formula is C16H26N2S. The SMILES string of the molecule is Cc1ccsc1C(C)NC1CC2CCCC(C1)N2C. The number of hydrogen-bond acceptors (Lipinski definition) is 3. The average molecular weight is 278 g/mol. The number of piperidine rings is 2.